The summed E-state index contributed by atoms with van der Waals surface area (Å²) in [6, 6.07) is 15.4. The highest BCUT2D eigenvalue weighted by molar-refractivity contribution is 7.17. The number of fused-ring (bicyclic) bond motifs is 1. The number of thiophene rings is 1. The molecule has 0 radical (unpaired) electrons. The summed E-state index contributed by atoms with van der Waals surface area (Å²) in [5.74, 6) is -1.56. The minimum absolute atomic E-state index is 0.0128. The summed E-state index contributed by atoms with van der Waals surface area (Å²) in [6.07, 6.45) is 5.61. The molecule has 1 aliphatic heterocycles. The van der Waals surface area contributed by atoms with E-state index >= 15 is 0 Å². The fourth-order valence-electron chi connectivity index (χ4n) is 7.75. The van der Waals surface area contributed by atoms with Gasteiger partial charge in [-0.2, -0.15) is 0 Å². The smallest absolute Gasteiger partial charge is 0.309 e. The van der Waals surface area contributed by atoms with Gasteiger partial charge in [0.1, 0.15) is 5.00 Å². The van der Waals surface area contributed by atoms with Crippen LogP contribution in [0.1, 0.15) is 122 Å². The number of carboxylic acid groups (broad SMARTS) is 1. The number of nitrogens with one attached hydrogen (secondary N) is 2. The van der Waals surface area contributed by atoms with E-state index in [1.54, 1.807) is 26.0 Å². The zero-order valence-electron chi connectivity index (χ0n) is 33.9. The summed E-state index contributed by atoms with van der Waals surface area (Å²) in [6.45, 7) is 17.5. The Labute approximate surface area is 331 Å². The lowest BCUT2D eigenvalue weighted by Gasteiger charge is -2.38. The Morgan fingerprint density at radius 3 is 2.22 bits per heavy atom. The number of likely N-dealkylation sites (N-methyl/N-ethyl adjacent to an activating group) is 1. The van der Waals surface area contributed by atoms with E-state index in [-0.39, 0.29) is 42.0 Å². The summed E-state index contributed by atoms with van der Waals surface area (Å²) in [4.78, 5) is 61.0. The van der Waals surface area contributed by atoms with Crippen molar-refractivity contribution in [3.63, 3.8) is 0 Å². The van der Waals surface area contributed by atoms with Crippen LogP contribution >= 0.6 is 11.3 Å². The van der Waals surface area contributed by atoms with E-state index in [1.807, 2.05) is 43.0 Å². The van der Waals surface area contributed by atoms with Crippen molar-refractivity contribution < 1.29 is 24.3 Å². The molecule has 2 heterocycles. The molecule has 2 aliphatic rings. The zero-order chi connectivity index (χ0) is 39.9. The van der Waals surface area contributed by atoms with Gasteiger partial charge in [-0.15, -0.1) is 11.3 Å². The van der Waals surface area contributed by atoms with Crippen LogP contribution in [0.5, 0.6) is 0 Å². The summed E-state index contributed by atoms with van der Waals surface area (Å²) in [7, 11) is 2.17. The molecule has 0 saturated carbocycles. The van der Waals surface area contributed by atoms with Crippen molar-refractivity contribution in [1.29, 1.82) is 0 Å². The Morgan fingerprint density at radius 1 is 0.891 bits per heavy atom. The van der Waals surface area contributed by atoms with Crippen LogP contribution in [0, 0.1) is 5.41 Å². The SMILES string of the molecule is CCC(CC)N(Cc1cccc(C(=O)Nc2sc3c(c2C(=O)Nc2ccc(C(C)(C)CN4CCN(C)CC4)cc2)CCCC3)c1)C(=O)CCC(C)(C)C(=O)O. The maximum absolute atomic E-state index is 14.0. The van der Waals surface area contributed by atoms with E-state index in [2.05, 4.69) is 53.5 Å². The van der Waals surface area contributed by atoms with E-state index in [0.717, 1.165) is 87.3 Å². The van der Waals surface area contributed by atoms with Crippen molar-refractivity contribution in [1.82, 2.24) is 14.7 Å². The Hall–Kier alpha value is -4.06. The van der Waals surface area contributed by atoms with E-state index < -0.39 is 11.4 Å². The molecule has 55 heavy (non-hydrogen) atoms. The molecule has 0 bridgehead atoms. The van der Waals surface area contributed by atoms with Crippen LogP contribution in [0.15, 0.2) is 48.5 Å². The van der Waals surface area contributed by atoms with E-state index in [0.29, 0.717) is 28.4 Å². The number of aryl methyl sites for hydroxylation is 1. The largest absolute Gasteiger partial charge is 0.481 e. The van der Waals surface area contributed by atoms with Crippen molar-refractivity contribution in [2.24, 2.45) is 5.41 Å². The van der Waals surface area contributed by atoms with Gasteiger partial charge in [0.05, 0.1) is 11.0 Å². The average molecular weight is 772 g/mol. The second-order valence-corrected chi connectivity index (χ2v) is 17.9. The molecule has 1 saturated heterocycles. The van der Waals surface area contributed by atoms with Gasteiger partial charge in [-0.25, -0.2) is 0 Å². The first-order valence-corrected chi connectivity index (χ1v) is 20.8. The van der Waals surface area contributed by atoms with Gasteiger partial charge in [0, 0.05) is 73.3 Å². The zero-order valence-corrected chi connectivity index (χ0v) is 34.7. The molecule has 0 atom stereocenters. The number of rotatable bonds is 16. The number of anilines is 2. The fraction of sp³-hybridized carbons (Fsp3) is 0.545. The van der Waals surface area contributed by atoms with Crippen molar-refractivity contribution >= 4 is 45.7 Å². The third-order valence-electron chi connectivity index (χ3n) is 11.6. The number of carboxylic acids is 1. The van der Waals surface area contributed by atoms with E-state index in [1.165, 1.54) is 16.9 Å². The van der Waals surface area contributed by atoms with Gasteiger partial charge in [-0.3, -0.25) is 24.1 Å². The number of benzene rings is 2. The van der Waals surface area contributed by atoms with Crippen LogP contribution in [0.25, 0.3) is 0 Å². The Balaban J connectivity index is 1.30. The number of aliphatic carboxylic acids is 1. The second kappa shape index (κ2) is 18.3. The number of carbonyl (C=O) groups excluding carboxylic acids is 3. The van der Waals surface area contributed by atoms with Gasteiger partial charge >= 0.3 is 5.97 Å². The summed E-state index contributed by atoms with van der Waals surface area (Å²) in [5.41, 5.74) is 3.70. The first-order valence-electron chi connectivity index (χ1n) is 20.0. The first-order chi connectivity index (χ1) is 26.1. The van der Waals surface area contributed by atoms with Crippen LogP contribution in [-0.4, -0.2) is 89.3 Å². The second-order valence-electron chi connectivity index (χ2n) is 16.7. The normalized spacial score (nSPS) is 15.4. The van der Waals surface area contributed by atoms with Gasteiger partial charge in [0.15, 0.2) is 0 Å². The number of hydrogen-bond acceptors (Lipinski definition) is 7. The minimum atomic E-state index is -1.00. The highest BCUT2D eigenvalue weighted by Crippen LogP contribution is 2.39. The van der Waals surface area contributed by atoms with Crippen molar-refractivity contribution in [2.75, 3.05) is 50.4 Å². The lowest BCUT2D eigenvalue weighted by atomic mass is 9.84. The third kappa shape index (κ3) is 10.6. The quantitative estimate of drug-likeness (QED) is 0.135. The van der Waals surface area contributed by atoms with Crippen LogP contribution in [0.4, 0.5) is 10.7 Å². The topological polar surface area (TPSA) is 122 Å². The van der Waals surface area contributed by atoms with Gasteiger partial charge in [-0.1, -0.05) is 52.0 Å². The Kier molecular flexibility index (Phi) is 14.0. The van der Waals surface area contributed by atoms with E-state index in [9.17, 15) is 24.3 Å². The van der Waals surface area contributed by atoms with Gasteiger partial charge in [0.2, 0.25) is 5.91 Å². The third-order valence-corrected chi connectivity index (χ3v) is 12.8. The maximum Gasteiger partial charge on any atom is 0.309 e. The lowest BCUT2D eigenvalue weighted by molar-refractivity contribution is -0.148. The molecule has 5 rings (SSSR count). The molecule has 11 heteroatoms. The van der Waals surface area contributed by atoms with Crippen LogP contribution < -0.4 is 10.6 Å². The fourth-order valence-corrected chi connectivity index (χ4v) is 9.03. The summed E-state index contributed by atoms with van der Waals surface area (Å²) in [5, 5.41) is 16.4. The number of piperazine rings is 1. The predicted molar refractivity (Wildman–Crippen MR) is 222 cm³/mol. The van der Waals surface area contributed by atoms with Crippen LogP contribution in [0.3, 0.4) is 0 Å². The Bertz CT molecular complexity index is 1820. The molecule has 10 nitrogen and oxygen atoms in total. The molecule has 1 aromatic heterocycles. The molecule has 3 amide bonds. The average Bonchev–Trinajstić information content (AvgIpc) is 3.53. The number of amides is 3. The minimum Gasteiger partial charge on any atom is -0.481 e. The molecule has 1 fully saturated rings. The standard InChI is InChI=1S/C44H61N5O5S/c1-8-34(9-2)49(37(50)21-22-43(3,4)42(53)54)28-30-13-12-14-31(27-30)39(51)46-41-38(35-15-10-11-16-36(35)55-41)40(52)45-33-19-17-32(18-20-33)44(5,6)29-48-25-23-47(7)24-26-48/h12-14,17-20,27,34H,8-11,15-16,21-26,28-29H2,1-7H3,(H,45,52)(H,46,51)(H,53,54). The van der Waals surface area contributed by atoms with Gasteiger partial charge < -0.3 is 25.5 Å². The highest BCUT2D eigenvalue weighted by Gasteiger charge is 2.31. The molecule has 0 spiro atoms. The van der Waals surface area contributed by atoms with Gasteiger partial charge in [-0.05, 0) is 107 Å². The highest BCUT2D eigenvalue weighted by atomic mass is 32.1. The molecular weight excluding hydrogens is 711 g/mol. The molecule has 3 aromatic rings. The molecule has 3 N–H and O–H groups in total. The number of nitrogens with zero attached hydrogens (tertiary/aromatic N) is 3. The molecular formula is C44H61N5O5S. The van der Waals surface area contributed by atoms with Crippen molar-refractivity contribution in [3.05, 3.63) is 81.2 Å². The number of hydrogen-bond donors (Lipinski definition) is 3. The molecule has 1 aliphatic carbocycles. The monoisotopic (exact) mass is 771 g/mol. The summed E-state index contributed by atoms with van der Waals surface area (Å²) < 4.78 is 0. The first kappa shape index (κ1) is 42.1. The lowest BCUT2D eigenvalue weighted by Crippen LogP contribution is -2.48. The summed E-state index contributed by atoms with van der Waals surface area (Å²) >= 11 is 1.49. The number of carbonyl (C=O) groups is 4. The van der Waals surface area contributed by atoms with E-state index in [4.69, 9.17) is 0 Å². The van der Waals surface area contributed by atoms with Crippen molar-refractivity contribution in [2.45, 2.75) is 111 Å². The maximum atomic E-state index is 14.0. The van der Waals surface area contributed by atoms with Crippen LogP contribution in [0.2, 0.25) is 0 Å². The van der Waals surface area contributed by atoms with Crippen molar-refractivity contribution in [3.8, 4) is 0 Å². The molecule has 0 unspecified atom stereocenters. The van der Waals surface area contributed by atoms with Gasteiger partial charge in [0.25, 0.3) is 11.8 Å². The molecule has 2 aromatic carbocycles. The Morgan fingerprint density at radius 2 is 1.56 bits per heavy atom. The predicted octanol–water partition coefficient (Wildman–Crippen LogP) is 8.06. The van der Waals surface area contributed by atoms with Crippen LogP contribution in [-0.2, 0) is 34.4 Å². The molecule has 298 valence electrons.